The third-order valence-electron chi connectivity index (χ3n) is 6.07. The van der Waals surface area contributed by atoms with Gasteiger partial charge in [0.25, 0.3) is 5.91 Å². The van der Waals surface area contributed by atoms with Gasteiger partial charge in [0, 0.05) is 36.4 Å². The molecule has 5 rings (SSSR count). The van der Waals surface area contributed by atoms with Gasteiger partial charge in [0.1, 0.15) is 0 Å². The van der Waals surface area contributed by atoms with E-state index < -0.39 is 23.5 Å². The van der Waals surface area contributed by atoms with E-state index in [1.165, 1.54) is 18.4 Å². The molecule has 4 heterocycles. The van der Waals surface area contributed by atoms with Gasteiger partial charge in [-0.1, -0.05) is 18.2 Å². The van der Waals surface area contributed by atoms with E-state index in [4.69, 9.17) is 13.9 Å². The Kier molecular flexibility index (Phi) is 5.92. The number of thiophene rings is 1. The van der Waals surface area contributed by atoms with Gasteiger partial charge in [-0.05, 0) is 23.6 Å². The molecule has 8 nitrogen and oxygen atoms in total. The van der Waals surface area contributed by atoms with Crippen LogP contribution >= 0.6 is 11.3 Å². The lowest BCUT2D eigenvalue weighted by Gasteiger charge is -2.31. The van der Waals surface area contributed by atoms with Gasteiger partial charge in [-0.2, -0.15) is 0 Å². The Labute approximate surface area is 194 Å². The van der Waals surface area contributed by atoms with E-state index in [0.717, 1.165) is 18.0 Å². The van der Waals surface area contributed by atoms with Crippen LogP contribution in [-0.4, -0.2) is 73.1 Å². The Morgan fingerprint density at radius 2 is 2.03 bits per heavy atom. The highest BCUT2D eigenvalue weighted by molar-refractivity contribution is 7.10. The van der Waals surface area contributed by atoms with Crippen molar-refractivity contribution >= 4 is 34.0 Å². The number of para-hydroxylation sites is 1. The molecule has 0 radical (unpaired) electrons. The molecule has 33 heavy (non-hydrogen) atoms. The molecule has 1 saturated heterocycles. The number of carbonyl (C=O) groups is 2. The van der Waals surface area contributed by atoms with Crippen molar-refractivity contribution in [1.82, 2.24) is 9.80 Å². The van der Waals surface area contributed by atoms with E-state index in [1.807, 2.05) is 29.6 Å². The molecule has 9 heteroatoms. The number of Topliss-reactive ketones (excluding diaryl/α,β-unsaturated/α-hetero) is 1. The fourth-order valence-electron chi connectivity index (χ4n) is 4.37. The second kappa shape index (κ2) is 9.01. The molecule has 0 saturated carbocycles. The van der Waals surface area contributed by atoms with E-state index in [2.05, 4.69) is 4.90 Å². The monoisotopic (exact) mass is 468 g/mol. The molecule has 2 aliphatic heterocycles. The predicted octanol–water partition coefficient (Wildman–Crippen LogP) is 3.41. The second-order valence-electron chi connectivity index (χ2n) is 7.95. The smallest absolute Gasteiger partial charge is 0.290 e. The quantitative estimate of drug-likeness (QED) is 0.531. The number of aliphatic hydroxyl groups is 1. The van der Waals surface area contributed by atoms with Crippen LogP contribution in [0.5, 0.6) is 5.75 Å². The zero-order chi connectivity index (χ0) is 22.9. The number of benzene rings is 1. The maximum Gasteiger partial charge on any atom is 0.290 e. The van der Waals surface area contributed by atoms with Crippen molar-refractivity contribution in [2.45, 2.75) is 6.04 Å². The summed E-state index contributed by atoms with van der Waals surface area (Å²) in [6, 6.07) is 10.1. The van der Waals surface area contributed by atoms with Crippen molar-refractivity contribution < 1.29 is 28.6 Å². The minimum Gasteiger partial charge on any atom is -0.503 e. The number of fused-ring (bicyclic) bond motifs is 1. The maximum absolute atomic E-state index is 13.6. The Balaban J connectivity index is 1.48. The Hall–Kier alpha value is -3.14. The van der Waals surface area contributed by atoms with Gasteiger partial charge in [0.15, 0.2) is 22.9 Å². The van der Waals surface area contributed by atoms with E-state index in [0.29, 0.717) is 43.0 Å². The number of nitrogens with zero attached hydrogens (tertiary/aromatic N) is 2. The van der Waals surface area contributed by atoms with Crippen molar-refractivity contribution in [3.63, 3.8) is 0 Å². The first-order valence-corrected chi connectivity index (χ1v) is 11.7. The molecule has 0 unspecified atom stereocenters. The standard InChI is InChI=1S/C24H24N2O6S/c1-30-16-5-2-4-15-14-17(32-23(15)16)21(27)19-20(18-6-3-13-33-18)26(24(29)22(19)28)8-7-25-9-11-31-12-10-25/h2-6,13-14,20,28H,7-12H2,1H3/t20-/m0/s1. The molecule has 1 fully saturated rings. The lowest BCUT2D eigenvalue weighted by molar-refractivity contribution is -0.129. The predicted molar refractivity (Wildman–Crippen MR) is 123 cm³/mol. The Morgan fingerprint density at radius 1 is 1.21 bits per heavy atom. The normalized spacial score (nSPS) is 19.6. The summed E-state index contributed by atoms with van der Waals surface area (Å²) in [6.45, 7) is 3.91. The Morgan fingerprint density at radius 3 is 2.76 bits per heavy atom. The zero-order valence-corrected chi connectivity index (χ0v) is 19.0. The lowest BCUT2D eigenvalue weighted by atomic mass is 10.00. The van der Waals surface area contributed by atoms with Crippen LogP contribution in [0.1, 0.15) is 21.5 Å². The number of hydrogen-bond acceptors (Lipinski definition) is 8. The molecular weight excluding hydrogens is 444 g/mol. The molecule has 1 N–H and O–H groups in total. The molecule has 1 amide bonds. The van der Waals surface area contributed by atoms with Crippen molar-refractivity contribution in [3.05, 3.63) is 63.7 Å². The summed E-state index contributed by atoms with van der Waals surface area (Å²) in [5.41, 5.74) is 0.493. The average Bonchev–Trinajstić information content (AvgIpc) is 3.57. The number of methoxy groups -OCH3 is 1. The number of hydrogen-bond donors (Lipinski definition) is 1. The van der Waals surface area contributed by atoms with Crippen molar-refractivity contribution in [2.24, 2.45) is 0 Å². The molecule has 172 valence electrons. The summed E-state index contributed by atoms with van der Waals surface area (Å²) in [7, 11) is 1.53. The van der Waals surface area contributed by atoms with Gasteiger partial charge in [0.2, 0.25) is 5.78 Å². The molecule has 0 spiro atoms. The number of rotatable bonds is 7. The van der Waals surface area contributed by atoms with Crippen LogP contribution in [0.4, 0.5) is 0 Å². The minimum atomic E-state index is -0.666. The molecule has 0 bridgehead atoms. The highest BCUT2D eigenvalue weighted by Gasteiger charge is 2.45. The number of aliphatic hydroxyl groups excluding tert-OH is 1. The third kappa shape index (κ3) is 3.92. The zero-order valence-electron chi connectivity index (χ0n) is 18.2. The van der Waals surface area contributed by atoms with Gasteiger partial charge < -0.3 is 23.9 Å². The van der Waals surface area contributed by atoms with Crippen molar-refractivity contribution in [3.8, 4) is 5.75 Å². The highest BCUT2D eigenvalue weighted by atomic mass is 32.1. The highest BCUT2D eigenvalue weighted by Crippen LogP contribution is 2.41. The summed E-state index contributed by atoms with van der Waals surface area (Å²) in [5.74, 6) is -1.01. The number of carbonyl (C=O) groups excluding carboxylic acids is 2. The van der Waals surface area contributed by atoms with Gasteiger partial charge >= 0.3 is 0 Å². The molecule has 2 aliphatic rings. The van der Waals surface area contributed by atoms with Crippen LogP contribution in [0.3, 0.4) is 0 Å². The molecule has 1 aromatic carbocycles. The van der Waals surface area contributed by atoms with Crippen LogP contribution in [0.2, 0.25) is 0 Å². The molecule has 1 atom stereocenters. The number of ketones is 1. The van der Waals surface area contributed by atoms with Crippen LogP contribution < -0.4 is 4.74 Å². The van der Waals surface area contributed by atoms with Crippen LogP contribution in [-0.2, 0) is 9.53 Å². The van der Waals surface area contributed by atoms with E-state index >= 15 is 0 Å². The van der Waals surface area contributed by atoms with Gasteiger partial charge in [0.05, 0.1) is 31.9 Å². The van der Waals surface area contributed by atoms with E-state index in [1.54, 1.807) is 17.0 Å². The average molecular weight is 469 g/mol. The number of amides is 1. The number of morpholine rings is 1. The fraction of sp³-hybridized carbons (Fsp3) is 0.333. The minimum absolute atomic E-state index is 0.0439. The van der Waals surface area contributed by atoms with Crippen LogP contribution in [0, 0.1) is 0 Å². The first-order valence-electron chi connectivity index (χ1n) is 10.8. The van der Waals surface area contributed by atoms with Gasteiger partial charge in [-0.15, -0.1) is 11.3 Å². The summed E-state index contributed by atoms with van der Waals surface area (Å²) in [4.78, 5) is 31.3. The summed E-state index contributed by atoms with van der Waals surface area (Å²) >= 11 is 1.44. The van der Waals surface area contributed by atoms with E-state index in [-0.39, 0.29) is 11.3 Å². The first kappa shape index (κ1) is 21.7. The summed E-state index contributed by atoms with van der Waals surface area (Å²) in [6.07, 6.45) is 0. The summed E-state index contributed by atoms with van der Waals surface area (Å²) < 4.78 is 16.6. The third-order valence-corrected chi connectivity index (χ3v) is 7.00. The van der Waals surface area contributed by atoms with Crippen LogP contribution in [0.25, 0.3) is 11.0 Å². The Bertz CT molecular complexity index is 1210. The molecule has 0 aliphatic carbocycles. The first-order chi connectivity index (χ1) is 16.1. The van der Waals surface area contributed by atoms with Crippen molar-refractivity contribution in [2.75, 3.05) is 46.5 Å². The number of ether oxygens (including phenoxy) is 2. The maximum atomic E-state index is 13.6. The van der Waals surface area contributed by atoms with Gasteiger partial charge in [-0.3, -0.25) is 14.5 Å². The molecule has 3 aromatic rings. The van der Waals surface area contributed by atoms with Crippen LogP contribution in [0.15, 0.2) is 57.5 Å². The van der Waals surface area contributed by atoms with Crippen molar-refractivity contribution in [1.29, 1.82) is 0 Å². The SMILES string of the molecule is COc1cccc2cc(C(=O)C3=C(O)C(=O)N(CCN4CCOCC4)[C@H]3c3cccs3)oc12. The largest absolute Gasteiger partial charge is 0.503 e. The lowest BCUT2D eigenvalue weighted by Crippen LogP contribution is -2.43. The van der Waals surface area contributed by atoms with E-state index in [9.17, 15) is 14.7 Å². The molecule has 2 aromatic heterocycles. The molecular formula is C24H24N2O6S. The fourth-order valence-corrected chi connectivity index (χ4v) is 5.22. The summed E-state index contributed by atoms with van der Waals surface area (Å²) in [5, 5.41) is 13.4. The topological polar surface area (TPSA) is 92.5 Å². The number of furan rings is 1. The second-order valence-corrected chi connectivity index (χ2v) is 8.93. The van der Waals surface area contributed by atoms with Gasteiger partial charge in [-0.25, -0.2) is 0 Å².